The predicted molar refractivity (Wildman–Crippen MR) is 58.2 cm³/mol. The van der Waals surface area contributed by atoms with Gasteiger partial charge in [0.15, 0.2) is 11.6 Å². The van der Waals surface area contributed by atoms with Crippen LogP contribution in [0.1, 0.15) is 18.9 Å². The lowest BCUT2D eigenvalue weighted by atomic mass is 10.0. The molecule has 0 amide bonds. The van der Waals surface area contributed by atoms with E-state index in [1.54, 1.807) is 6.92 Å². The summed E-state index contributed by atoms with van der Waals surface area (Å²) in [4.78, 5) is 0. The fourth-order valence-electron chi connectivity index (χ4n) is 1.74. The van der Waals surface area contributed by atoms with Crippen LogP contribution in [0.3, 0.4) is 0 Å². The average molecular weight is 267 g/mol. The van der Waals surface area contributed by atoms with Crippen molar-refractivity contribution in [3.63, 3.8) is 0 Å². The van der Waals surface area contributed by atoms with Crippen LogP contribution in [0.2, 0.25) is 0 Å². The normalized spacial score (nSPS) is 13.7. The monoisotopic (exact) mass is 267 g/mol. The summed E-state index contributed by atoms with van der Waals surface area (Å²) in [7, 11) is 0. The summed E-state index contributed by atoms with van der Waals surface area (Å²) < 4.78 is 62.5. The van der Waals surface area contributed by atoms with Crippen LogP contribution in [0.15, 0.2) is 18.2 Å². The van der Waals surface area contributed by atoms with Gasteiger partial charge in [-0.05, 0) is 30.7 Å². The van der Waals surface area contributed by atoms with E-state index >= 15 is 0 Å². The van der Waals surface area contributed by atoms with Crippen LogP contribution < -0.4 is 5.32 Å². The molecule has 0 aliphatic carbocycles. The molecule has 0 aliphatic heterocycles. The van der Waals surface area contributed by atoms with Gasteiger partial charge in [0.2, 0.25) is 0 Å². The molecule has 0 spiro atoms. The van der Waals surface area contributed by atoms with Crippen LogP contribution >= 0.6 is 0 Å². The molecule has 18 heavy (non-hydrogen) atoms. The first-order chi connectivity index (χ1) is 8.31. The van der Waals surface area contributed by atoms with Crippen molar-refractivity contribution in [2.75, 3.05) is 6.54 Å². The van der Waals surface area contributed by atoms with Crippen molar-refractivity contribution in [1.82, 2.24) is 5.32 Å². The Labute approximate surface area is 102 Å². The molecule has 0 bridgehead atoms. The molecule has 0 saturated heterocycles. The molecular weight excluding hydrogens is 253 g/mol. The average Bonchev–Trinajstić information content (AvgIpc) is 2.21. The topological polar surface area (TPSA) is 12.0 Å². The third-order valence-electron chi connectivity index (χ3n) is 2.44. The first-order valence-corrected chi connectivity index (χ1v) is 5.56. The summed E-state index contributed by atoms with van der Waals surface area (Å²) in [5.41, 5.74) is 0.337. The molecule has 1 unspecified atom stereocenters. The molecule has 0 radical (unpaired) electrons. The van der Waals surface area contributed by atoms with Crippen LogP contribution in [0, 0.1) is 11.6 Å². The molecule has 102 valence electrons. The van der Waals surface area contributed by atoms with Crippen LogP contribution in [0.4, 0.5) is 22.0 Å². The fraction of sp³-hybridized carbons (Fsp3) is 0.500. The van der Waals surface area contributed by atoms with E-state index in [0.29, 0.717) is 12.1 Å². The van der Waals surface area contributed by atoms with Crippen LogP contribution in [-0.4, -0.2) is 18.8 Å². The van der Waals surface area contributed by atoms with E-state index in [9.17, 15) is 22.0 Å². The van der Waals surface area contributed by atoms with E-state index < -0.39 is 30.3 Å². The Morgan fingerprint density at radius 2 is 1.83 bits per heavy atom. The third-order valence-corrected chi connectivity index (χ3v) is 2.44. The highest BCUT2D eigenvalue weighted by atomic mass is 19.4. The second-order valence-corrected chi connectivity index (χ2v) is 4.03. The highest BCUT2D eigenvalue weighted by Crippen LogP contribution is 2.23. The number of nitrogens with one attached hydrogen (secondary N) is 1. The number of alkyl halides is 3. The maximum atomic E-state index is 12.9. The largest absolute Gasteiger partial charge is 0.390 e. The Bertz CT molecular complexity index is 389. The first kappa shape index (κ1) is 14.9. The predicted octanol–water partition coefficient (Wildman–Crippen LogP) is 3.44. The quantitative estimate of drug-likeness (QED) is 0.806. The molecule has 1 nitrogen and oxygen atoms in total. The minimum absolute atomic E-state index is 0.00451. The molecular formula is C12H14F5N. The lowest BCUT2D eigenvalue weighted by Gasteiger charge is -2.19. The smallest absolute Gasteiger partial charge is 0.314 e. The van der Waals surface area contributed by atoms with E-state index in [0.717, 1.165) is 12.1 Å². The number of benzene rings is 1. The Hall–Kier alpha value is -1.17. The van der Waals surface area contributed by atoms with Crippen LogP contribution in [0.5, 0.6) is 0 Å². The van der Waals surface area contributed by atoms with E-state index in [1.807, 2.05) is 0 Å². The highest BCUT2D eigenvalue weighted by Gasteiger charge is 2.31. The van der Waals surface area contributed by atoms with Crippen LogP contribution in [0.25, 0.3) is 0 Å². The molecule has 0 fully saturated rings. The second-order valence-electron chi connectivity index (χ2n) is 4.03. The van der Waals surface area contributed by atoms with Gasteiger partial charge in [-0.3, -0.25) is 0 Å². The zero-order valence-electron chi connectivity index (χ0n) is 9.82. The summed E-state index contributed by atoms with van der Waals surface area (Å²) in [6.45, 7) is 2.07. The van der Waals surface area contributed by atoms with Gasteiger partial charge in [-0.15, -0.1) is 0 Å². The summed E-state index contributed by atoms with van der Waals surface area (Å²) in [6, 6.07) is 2.30. The van der Waals surface area contributed by atoms with Crippen molar-refractivity contribution in [2.45, 2.75) is 32.0 Å². The lowest BCUT2D eigenvalue weighted by molar-refractivity contribution is -0.139. The van der Waals surface area contributed by atoms with E-state index in [4.69, 9.17) is 0 Å². The summed E-state index contributed by atoms with van der Waals surface area (Å²) in [5, 5.41) is 2.69. The SMILES string of the molecule is CCNC(Cc1ccc(F)c(F)c1)CC(F)(F)F. The molecule has 1 atom stereocenters. The maximum absolute atomic E-state index is 12.9. The van der Waals surface area contributed by atoms with Gasteiger partial charge in [0.05, 0.1) is 6.42 Å². The maximum Gasteiger partial charge on any atom is 0.390 e. The summed E-state index contributed by atoms with van der Waals surface area (Å²) in [5.74, 6) is -2.05. The Balaban J connectivity index is 2.73. The van der Waals surface area contributed by atoms with Crippen molar-refractivity contribution in [3.8, 4) is 0 Å². The summed E-state index contributed by atoms with van der Waals surface area (Å²) >= 11 is 0. The van der Waals surface area contributed by atoms with Crippen LogP contribution in [-0.2, 0) is 6.42 Å². The molecule has 6 heteroatoms. The van der Waals surface area contributed by atoms with Gasteiger partial charge in [0.1, 0.15) is 0 Å². The minimum Gasteiger partial charge on any atom is -0.314 e. The molecule has 1 aromatic rings. The minimum atomic E-state index is -4.29. The molecule has 0 aliphatic rings. The molecule has 0 heterocycles. The van der Waals surface area contributed by atoms with Gasteiger partial charge in [-0.2, -0.15) is 13.2 Å². The van der Waals surface area contributed by atoms with Gasteiger partial charge in [-0.25, -0.2) is 8.78 Å². The van der Waals surface area contributed by atoms with E-state index in [1.165, 1.54) is 6.07 Å². The molecule has 0 aromatic heterocycles. The van der Waals surface area contributed by atoms with Gasteiger partial charge < -0.3 is 5.32 Å². The van der Waals surface area contributed by atoms with Crippen molar-refractivity contribution in [2.24, 2.45) is 0 Å². The summed E-state index contributed by atoms with van der Waals surface area (Å²) in [6.07, 6.45) is -5.28. The Morgan fingerprint density at radius 1 is 1.17 bits per heavy atom. The lowest BCUT2D eigenvalue weighted by Crippen LogP contribution is -2.35. The number of hydrogen-bond acceptors (Lipinski definition) is 1. The third kappa shape index (κ3) is 5.00. The van der Waals surface area contributed by atoms with Gasteiger partial charge in [-0.1, -0.05) is 13.0 Å². The second kappa shape index (κ2) is 6.13. The first-order valence-electron chi connectivity index (χ1n) is 5.56. The Morgan fingerprint density at radius 3 is 2.33 bits per heavy atom. The highest BCUT2D eigenvalue weighted by molar-refractivity contribution is 5.18. The molecule has 0 saturated carbocycles. The van der Waals surface area contributed by atoms with Gasteiger partial charge >= 0.3 is 6.18 Å². The molecule has 1 aromatic carbocycles. The standard InChI is InChI=1S/C12H14F5N/c1-2-18-9(7-12(15,16)17)5-8-3-4-10(13)11(14)6-8/h3-4,6,9,18H,2,5,7H2,1H3. The zero-order chi connectivity index (χ0) is 13.8. The number of rotatable bonds is 5. The number of halogens is 5. The zero-order valence-corrected chi connectivity index (χ0v) is 9.82. The van der Waals surface area contributed by atoms with Gasteiger partial charge in [0.25, 0.3) is 0 Å². The Kier molecular flexibility index (Phi) is 5.07. The fourth-order valence-corrected chi connectivity index (χ4v) is 1.74. The van der Waals surface area contributed by atoms with Crippen molar-refractivity contribution < 1.29 is 22.0 Å². The number of hydrogen-bond donors (Lipinski definition) is 1. The van der Waals surface area contributed by atoms with E-state index in [-0.39, 0.29) is 6.42 Å². The molecule has 1 N–H and O–H groups in total. The number of likely N-dealkylation sites (N-methyl/N-ethyl adjacent to an activating group) is 1. The van der Waals surface area contributed by atoms with E-state index in [2.05, 4.69) is 5.32 Å². The van der Waals surface area contributed by atoms with Crippen molar-refractivity contribution in [1.29, 1.82) is 0 Å². The molecule has 1 rings (SSSR count). The van der Waals surface area contributed by atoms with Crippen molar-refractivity contribution in [3.05, 3.63) is 35.4 Å². The van der Waals surface area contributed by atoms with Gasteiger partial charge in [0, 0.05) is 6.04 Å². The van der Waals surface area contributed by atoms with Crippen molar-refractivity contribution >= 4 is 0 Å².